The molecule has 7 heteroatoms. The summed E-state index contributed by atoms with van der Waals surface area (Å²) < 4.78 is 12.8. The lowest BCUT2D eigenvalue weighted by Gasteiger charge is -2.15. The van der Waals surface area contributed by atoms with Crippen molar-refractivity contribution in [3.05, 3.63) is 70.0 Å². The Morgan fingerprint density at radius 1 is 1.12 bits per heavy atom. The summed E-state index contributed by atoms with van der Waals surface area (Å²) >= 11 is 12.1. The molecule has 1 N–H and O–H groups in total. The topological polar surface area (TPSA) is 49.4 Å². The zero-order valence-corrected chi connectivity index (χ0v) is 14.8. The van der Waals surface area contributed by atoms with Gasteiger partial charge in [-0.05, 0) is 42.5 Å². The van der Waals surface area contributed by atoms with E-state index in [-0.39, 0.29) is 12.5 Å². The fourth-order valence-electron chi connectivity index (χ4n) is 1.98. The third kappa shape index (κ3) is 5.59. The summed E-state index contributed by atoms with van der Waals surface area (Å²) in [7, 11) is 1.49. The number of amides is 2. The first-order valence-electron chi connectivity index (χ1n) is 7.29. The molecule has 0 aliphatic carbocycles. The van der Waals surface area contributed by atoms with E-state index in [1.54, 1.807) is 18.2 Å². The molecule has 130 valence electrons. The van der Waals surface area contributed by atoms with Gasteiger partial charge in [-0.3, -0.25) is 9.59 Å². The summed E-state index contributed by atoms with van der Waals surface area (Å²) in [6.07, 6.45) is 2.79. The second-order valence-corrected chi connectivity index (χ2v) is 6.03. The van der Waals surface area contributed by atoms with Crippen LogP contribution in [0.2, 0.25) is 10.0 Å². The Kier molecular flexibility index (Phi) is 6.56. The molecule has 4 nitrogen and oxygen atoms in total. The predicted molar refractivity (Wildman–Crippen MR) is 98.2 cm³/mol. The van der Waals surface area contributed by atoms with Gasteiger partial charge in [-0.25, -0.2) is 4.39 Å². The number of hydrogen-bond acceptors (Lipinski definition) is 2. The van der Waals surface area contributed by atoms with Crippen LogP contribution in [0.3, 0.4) is 0 Å². The van der Waals surface area contributed by atoms with E-state index in [0.29, 0.717) is 21.3 Å². The van der Waals surface area contributed by atoms with E-state index in [4.69, 9.17) is 23.2 Å². The minimum Gasteiger partial charge on any atom is -0.333 e. The van der Waals surface area contributed by atoms with Crippen LogP contribution >= 0.6 is 23.2 Å². The quantitative estimate of drug-likeness (QED) is 0.788. The number of benzene rings is 2. The SMILES string of the molecule is CN(CC(=O)Nc1ccc(F)cc1)C(=O)/C=C/c1c(Cl)cccc1Cl. The number of carbonyl (C=O) groups is 2. The summed E-state index contributed by atoms with van der Waals surface area (Å²) in [5, 5.41) is 3.43. The van der Waals surface area contributed by atoms with Gasteiger partial charge in [0, 0.05) is 34.4 Å². The Bertz CT molecular complexity index is 787. The van der Waals surface area contributed by atoms with E-state index in [1.165, 1.54) is 48.4 Å². The lowest BCUT2D eigenvalue weighted by molar-refractivity contribution is -0.129. The molecule has 2 aromatic carbocycles. The average Bonchev–Trinajstić information content (AvgIpc) is 2.56. The van der Waals surface area contributed by atoms with Gasteiger partial charge in [0.2, 0.25) is 11.8 Å². The number of halogens is 3. The number of nitrogens with zero attached hydrogens (tertiary/aromatic N) is 1. The van der Waals surface area contributed by atoms with Crippen LogP contribution in [0.1, 0.15) is 5.56 Å². The van der Waals surface area contributed by atoms with Crippen molar-refractivity contribution < 1.29 is 14.0 Å². The first kappa shape index (κ1) is 19.0. The number of rotatable bonds is 5. The molecule has 0 saturated heterocycles. The van der Waals surface area contributed by atoms with E-state index >= 15 is 0 Å². The molecular weight excluding hydrogens is 366 g/mol. The van der Waals surface area contributed by atoms with Crippen LogP contribution in [0.15, 0.2) is 48.5 Å². The maximum absolute atomic E-state index is 12.8. The third-order valence-electron chi connectivity index (χ3n) is 3.28. The van der Waals surface area contributed by atoms with Crippen LogP contribution in [0.5, 0.6) is 0 Å². The molecule has 2 aromatic rings. The van der Waals surface area contributed by atoms with Crippen LogP contribution in [-0.2, 0) is 9.59 Å². The normalized spacial score (nSPS) is 10.7. The van der Waals surface area contributed by atoms with E-state index < -0.39 is 11.7 Å². The Hall–Kier alpha value is -2.37. The fourth-order valence-corrected chi connectivity index (χ4v) is 2.50. The van der Waals surface area contributed by atoms with Crippen molar-refractivity contribution in [1.29, 1.82) is 0 Å². The molecule has 0 radical (unpaired) electrons. The Morgan fingerprint density at radius 3 is 2.32 bits per heavy atom. The van der Waals surface area contributed by atoms with Gasteiger partial charge in [-0.1, -0.05) is 29.3 Å². The molecule has 0 atom stereocenters. The van der Waals surface area contributed by atoms with E-state index in [2.05, 4.69) is 5.32 Å². The molecule has 0 bridgehead atoms. The molecule has 0 fully saturated rings. The molecule has 0 unspecified atom stereocenters. The van der Waals surface area contributed by atoms with E-state index in [1.807, 2.05) is 0 Å². The molecule has 0 heterocycles. The first-order chi connectivity index (χ1) is 11.9. The Morgan fingerprint density at radius 2 is 1.72 bits per heavy atom. The molecule has 0 aromatic heterocycles. The monoisotopic (exact) mass is 380 g/mol. The third-order valence-corrected chi connectivity index (χ3v) is 3.94. The van der Waals surface area contributed by atoms with Gasteiger partial charge in [0.1, 0.15) is 5.82 Å². The zero-order valence-electron chi connectivity index (χ0n) is 13.3. The number of likely N-dealkylation sites (N-methyl/N-ethyl adjacent to an activating group) is 1. The van der Waals surface area contributed by atoms with Crippen molar-refractivity contribution >= 4 is 46.8 Å². The second-order valence-electron chi connectivity index (χ2n) is 5.22. The van der Waals surface area contributed by atoms with Crippen LogP contribution in [0.25, 0.3) is 6.08 Å². The maximum atomic E-state index is 12.8. The predicted octanol–water partition coefficient (Wildman–Crippen LogP) is 4.24. The molecule has 0 aliphatic rings. The smallest absolute Gasteiger partial charge is 0.246 e. The van der Waals surface area contributed by atoms with Gasteiger partial charge in [0.05, 0.1) is 6.54 Å². The van der Waals surface area contributed by atoms with Gasteiger partial charge in [0.15, 0.2) is 0 Å². The summed E-state index contributed by atoms with van der Waals surface area (Å²) in [5.74, 6) is -1.18. The minimum absolute atomic E-state index is 0.156. The highest BCUT2D eigenvalue weighted by molar-refractivity contribution is 6.37. The molecule has 0 aliphatic heterocycles. The highest BCUT2D eigenvalue weighted by Gasteiger charge is 2.11. The van der Waals surface area contributed by atoms with Crippen molar-refractivity contribution in [2.45, 2.75) is 0 Å². The molecular formula is C18H15Cl2FN2O2. The largest absolute Gasteiger partial charge is 0.333 e. The van der Waals surface area contributed by atoms with Crippen molar-refractivity contribution in [1.82, 2.24) is 4.90 Å². The fraction of sp³-hybridized carbons (Fsp3) is 0.111. The van der Waals surface area contributed by atoms with Crippen molar-refractivity contribution in [2.24, 2.45) is 0 Å². The summed E-state index contributed by atoms with van der Waals surface area (Å²) in [5.41, 5.74) is 0.981. The van der Waals surface area contributed by atoms with Gasteiger partial charge in [-0.2, -0.15) is 0 Å². The number of hydrogen-bond donors (Lipinski definition) is 1. The average molecular weight is 381 g/mol. The van der Waals surface area contributed by atoms with Gasteiger partial charge >= 0.3 is 0 Å². The Labute approximate surface area is 154 Å². The first-order valence-corrected chi connectivity index (χ1v) is 8.05. The van der Waals surface area contributed by atoms with Crippen LogP contribution in [-0.4, -0.2) is 30.3 Å². The lowest BCUT2D eigenvalue weighted by atomic mass is 10.2. The van der Waals surface area contributed by atoms with Gasteiger partial charge in [-0.15, -0.1) is 0 Å². The summed E-state index contributed by atoms with van der Waals surface area (Å²) in [4.78, 5) is 25.3. The molecule has 0 spiro atoms. The maximum Gasteiger partial charge on any atom is 0.246 e. The number of carbonyl (C=O) groups excluding carboxylic acids is 2. The summed E-state index contributed by atoms with van der Waals surface area (Å²) in [6.45, 7) is -0.156. The van der Waals surface area contributed by atoms with Crippen LogP contribution in [0, 0.1) is 5.82 Å². The Balaban J connectivity index is 1.94. The standard InChI is InChI=1S/C18H15Cl2FN2O2/c1-23(11-17(24)22-13-7-5-12(21)6-8-13)18(25)10-9-14-15(19)3-2-4-16(14)20/h2-10H,11H2,1H3,(H,22,24)/b10-9+. The molecule has 0 saturated carbocycles. The minimum atomic E-state index is -0.397. The van der Waals surface area contributed by atoms with Crippen LogP contribution < -0.4 is 5.32 Å². The highest BCUT2D eigenvalue weighted by Crippen LogP contribution is 2.25. The highest BCUT2D eigenvalue weighted by atomic mass is 35.5. The lowest BCUT2D eigenvalue weighted by Crippen LogP contribution is -2.33. The van der Waals surface area contributed by atoms with Crippen molar-refractivity contribution in [3.8, 4) is 0 Å². The molecule has 25 heavy (non-hydrogen) atoms. The molecule has 2 amide bonds. The molecule has 2 rings (SSSR count). The summed E-state index contributed by atoms with van der Waals surface area (Å²) in [6, 6.07) is 10.4. The van der Waals surface area contributed by atoms with Crippen molar-refractivity contribution in [3.63, 3.8) is 0 Å². The van der Waals surface area contributed by atoms with Gasteiger partial charge in [0.25, 0.3) is 0 Å². The second kappa shape index (κ2) is 8.65. The van der Waals surface area contributed by atoms with E-state index in [9.17, 15) is 14.0 Å². The van der Waals surface area contributed by atoms with E-state index in [0.717, 1.165) is 0 Å². The van der Waals surface area contributed by atoms with Gasteiger partial charge < -0.3 is 10.2 Å². The number of anilines is 1. The zero-order chi connectivity index (χ0) is 18.4. The van der Waals surface area contributed by atoms with Crippen LogP contribution in [0.4, 0.5) is 10.1 Å². The van der Waals surface area contributed by atoms with Crippen molar-refractivity contribution in [2.75, 3.05) is 18.9 Å². The number of nitrogens with one attached hydrogen (secondary N) is 1.